The molecule has 6 heteroatoms. The first kappa shape index (κ1) is 13.4. The third kappa shape index (κ3) is 2.27. The van der Waals surface area contributed by atoms with Crippen LogP contribution in [0.3, 0.4) is 0 Å². The second-order valence-corrected chi connectivity index (χ2v) is 5.65. The van der Waals surface area contributed by atoms with Gasteiger partial charge in [-0.15, -0.1) is 0 Å². The van der Waals surface area contributed by atoms with Crippen molar-refractivity contribution in [2.75, 3.05) is 10.6 Å². The third-order valence-corrected chi connectivity index (χ3v) is 4.10. The second kappa shape index (κ2) is 5.07. The molecule has 1 atom stereocenters. The molecule has 0 fully saturated rings. The van der Waals surface area contributed by atoms with Gasteiger partial charge in [0.05, 0.1) is 10.7 Å². The summed E-state index contributed by atoms with van der Waals surface area (Å²) in [5.74, 6) is -0.592. The molecule has 3 rings (SSSR count). The van der Waals surface area contributed by atoms with Crippen LogP contribution in [0.1, 0.15) is 11.6 Å². The highest BCUT2D eigenvalue weighted by Gasteiger charge is 2.32. The first-order valence-electron chi connectivity index (χ1n) is 5.87. The van der Waals surface area contributed by atoms with Crippen LogP contribution in [0.15, 0.2) is 40.9 Å². The van der Waals surface area contributed by atoms with Gasteiger partial charge in [0.15, 0.2) is 0 Å². The minimum atomic E-state index is -0.566. The molecule has 1 amide bonds. The quantitative estimate of drug-likeness (QED) is 0.841. The molecule has 0 aliphatic carbocycles. The zero-order chi connectivity index (χ0) is 14.3. The average Bonchev–Trinajstić information content (AvgIpc) is 2.70. The zero-order valence-corrected chi connectivity index (χ0v) is 12.4. The number of carbonyl (C=O) groups excluding carboxylic acids is 1. The van der Waals surface area contributed by atoms with Crippen LogP contribution in [0, 0.1) is 5.82 Å². The van der Waals surface area contributed by atoms with Gasteiger partial charge < -0.3 is 10.6 Å². The standard InChI is InChI=1S/C14H9BrClFN2O/c15-8-2-1-3-11-12(8)13(14(20)19-11)18-10-5-4-7(17)6-9(10)16/h1-6,13,18H,(H,19,20). The number of rotatable bonds is 2. The molecule has 2 aromatic carbocycles. The molecular formula is C14H9BrClFN2O. The lowest BCUT2D eigenvalue weighted by Crippen LogP contribution is -2.20. The van der Waals surface area contributed by atoms with E-state index in [1.807, 2.05) is 18.2 Å². The summed E-state index contributed by atoms with van der Waals surface area (Å²) in [7, 11) is 0. The van der Waals surface area contributed by atoms with Crippen LogP contribution in [0.25, 0.3) is 0 Å². The summed E-state index contributed by atoms with van der Waals surface area (Å²) in [6, 6.07) is 8.98. The van der Waals surface area contributed by atoms with Gasteiger partial charge in [-0.3, -0.25) is 4.79 Å². The maximum atomic E-state index is 13.0. The van der Waals surface area contributed by atoms with E-state index in [1.54, 1.807) is 0 Å². The van der Waals surface area contributed by atoms with Gasteiger partial charge in [-0.25, -0.2) is 4.39 Å². The number of hydrogen-bond acceptors (Lipinski definition) is 2. The minimum absolute atomic E-state index is 0.174. The van der Waals surface area contributed by atoms with Gasteiger partial charge in [0.1, 0.15) is 11.9 Å². The monoisotopic (exact) mass is 354 g/mol. The number of halogens is 3. The van der Waals surface area contributed by atoms with Gasteiger partial charge in [0.25, 0.3) is 5.91 Å². The highest BCUT2D eigenvalue weighted by atomic mass is 79.9. The summed E-state index contributed by atoms with van der Waals surface area (Å²) < 4.78 is 13.9. The fraction of sp³-hybridized carbons (Fsp3) is 0.0714. The number of anilines is 2. The summed E-state index contributed by atoms with van der Waals surface area (Å²) in [6.07, 6.45) is 0. The zero-order valence-electron chi connectivity index (χ0n) is 10.1. The van der Waals surface area contributed by atoms with Crippen LogP contribution in [0.4, 0.5) is 15.8 Å². The highest BCUT2D eigenvalue weighted by Crippen LogP contribution is 2.39. The van der Waals surface area contributed by atoms with Gasteiger partial charge >= 0.3 is 0 Å². The van der Waals surface area contributed by atoms with E-state index in [1.165, 1.54) is 18.2 Å². The van der Waals surface area contributed by atoms with Crippen LogP contribution >= 0.6 is 27.5 Å². The SMILES string of the molecule is O=C1Nc2cccc(Br)c2C1Nc1ccc(F)cc1Cl. The molecule has 0 bridgehead atoms. The van der Waals surface area contributed by atoms with E-state index in [0.29, 0.717) is 5.69 Å². The summed E-state index contributed by atoms with van der Waals surface area (Å²) in [5, 5.41) is 6.07. The number of nitrogens with one attached hydrogen (secondary N) is 2. The predicted octanol–water partition coefficient (Wildman–Crippen LogP) is 4.35. The van der Waals surface area contributed by atoms with E-state index >= 15 is 0 Å². The Bertz CT molecular complexity index is 708. The van der Waals surface area contributed by atoms with E-state index in [0.717, 1.165) is 15.7 Å². The molecule has 0 aromatic heterocycles. The van der Waals surface area contributed by atoms with Crippen LogP contribution in [0.5, 0.6) is 0 Å². The summed E-state index contributed by atoms with van der Waals surface area (Å²) in [4.78, 5) is 12.1. The fourth-order valence-electron chi connectivity index (χ4n) is 2.18. The van der Waals surface area contributed by atoms with Crippen LogP contribution in [0.2, 0.25) is 5.02 Å². The van der Waals surface area contributed by atoms with Gasteiger partial charge in [-0.05, 0) is 30.3 Å². The summed E-state index contributed by atoms with van der Waals surface area (Å²) >= 11 is 9.41. The molecule has 1 aliphatic rings. The highest BCUT2D eigenvalue weighted by molar-refractivity contribution is 9.10. The summed E-state index contributed by atoms with van der Waals surface area (Å²) in [5.41, 5.74) is 2.08. The molecule has 1 heterocycles. The molecule has 0 spiro atoms. The lowest BCUT2D eigenvalue weighted by Gasteiger charge is -2.15. The molecular weight excluding hydrogens is 347 g/mol. The maximum absolute atomic E-state index is 13.0. The lowest BCUT2D eigenvalue weighted by molar-refractivity contribution is -0.116. The Labute approximate surface area is 128 Å². The Kier molecular flexibility index (Phi) is 3.40. The Morgan fingerprint density at radius 1 is 1.30 bits per heavy atom. The Morgan fingerprint density at radius 3 is 2.85 bits per heavy atom. The maximum Gasteiger partial charge on any atom is 0.251 e. The van der Waals surface area contributed by atoms with E-state index in [9.17, 15) is 9.18 Å². The van der Waals surface area contributed by atoms with E-state index < -0.39 is 11.9 Å². The fourth-order valence-corrected chi connectivity index (χ4v) is 2.99. The van der Waals surface area contributed by atoms with Crippen molar-refractivity contribution in [3.8, 4) is 0 Å². The smallest absolute Gasteiger partial charge is 0.251 e. The molecule has 0 radical (unpaired) electrons. The number of hydrogen-bond donors (Lipinski definition) is 2. The van der Waals surface area contributed by atoms with Crippen LogP contribution in [-0.4, -0.2) is 5.91 Å². The van der Waals surface area contributed by atoms with Crippen molar-refractivity contribution in [1.29, 1.82) is 0 Å². The molecule has 0 saturated heterocycles. The number of amides is 1. The van der Waals surface area contributed by atoms with Crippen molar-refractivity contribution in [1.82, 2.24) is 0 Å². The van der Waals surface area contributed by atoms with Gasteiger partial charge in [-0.1, -0.05) is 33.6 Å². The van der Waals surface area contributed by atoms with E-state index in [4.69, 9.17) is 11.6 Å². The largest absolute Gasteiger partial charge is 0.369 e. The van der Waals surface area contributed by atoms with E-state index in [2.05, 4.69) is 26.6 Å². The molecule has 3 nitrogen and oxygen atoms in total. The Hall–Kier alpha value is -1.59. The number of carbonyl (C=O) groups is 1. The number of fused-ring (bicyclic) bond motifs is 1. The van der Waals surface area contributed by atoms with Crippen molar-refractivity contribution in [2.45, 2.75) is 6.04 Å². The predicted molar refractivity (Wildman–Crippen MR) is 80.5 cm³/mol. The number of benzene rings is 2. The van der Waals surface area contributed by atoms with Crippen molar-refractivity contribution in [2.24, 2.45) is 0 Å². The van der Waals surface area contributed by atoms with Crippen molar-refractivity contribution in [3.05, 3.63) is 57.3 Å². The third-order valence-electron chi connectivity index (χ3n) is 3.09. The lowest BCUT2D eigenvalue weighted by atomic mass is 10.1. The van der Waals surface area contributed by atoms with Crippen molar-refractivity contribution < 1.29 is 9.18 Å². The molecule has 0 saturated carbocycles. The van der Waals surface area contributed by atoms with Gasteiger partial charge in [0, 0.05) is 15.7 Å². The molecule has 1 aliphatic heterocycles. The van der Waals surface area contributed by atoms with Crippen LogP contribution in [-0.2, 0) is 4.79 Å². The average molecular weight is 356 g/mol. The Morgan fingerprint density at radius 2 is 2.10 bits per heavy atom. The van der Waals surface area contributed by atoms with Crippen molar-refractivity contribution >= 4 is 44.8 Å². The first-order chi connectivity index (χ1) is 9.56. The first-order valence-corrected chi connectivity index (χ1v) is 7.04. The van der Waals surface area contributed by atoms with Crippen LogP contribution < -0.4 is 10.6 Å². The van der Waals surface area contributed by atoms with E-state index in [-0.39, 0.29) is 10.9 Å². The molecule has 1 unspecified atom stereocenters. The molecule has 102 valence electrons. The minimum Gasteiger partial charge on any atom is -0.369 e. The molecule has 20 heavy (non-hydrogen) atoms. The molecule has 2 N–H and O–H groups in total. The van der Waals surface area contributed by atoms with Crippen molar-refractivity contribution in [3.63, 3.8) is 0 Å². The second-order valence-electron chi connectivity index (χ2n) is 4.39. The topological polar surface area (TPSA) is 41.1 Å². The Balaban J connectivity index is 1.98. The van der Waals surface area contributed by atoms with Gasteiger partial charge in [0.2, 0.25) is 0 Å². The van der Waals surface area contributed by atoms with Gasteiger partial charge in [-0.2, -0.15) is 0 Å². The molecule has 2 aromatic rings. The normalized spacial score (nSPS) is 16.8. The summed E-state index contributed by atoms with van der Waals surface area (Å²) in [6.45, 7) is 0.